The van der Waals surface area contributed by atoms with Crippen molar-refractivity contribution >= 4 is 0 Å². The summed E-state index contributed by atoms with van der Waals surface area (Å²) in [4.78, 5) is 0. The predicted octanol–water partition coefficient (Wildman–Crippen LogP) is 6.20. The van der Waals surface area contributed by atoms with Crippen LogP contribution in [0.5, 0.6) is 0 Å². The molecule has 0 nitrogen and oxygen atoms in total. The maximum absolute atomic E-state index is 2.32. The van der Waals surface area contributed by atoms with E-state index < -0.39 is 0 Å². The smallest absolute Gasteiger partial charge is 0.0471 e. The fraction of sp³-hybridized carbons (Fsp3) is 1.00. The van der Waals surface area contributed by atoms with Crippen LogP contribution in [0.25, 0.3) is 0 Å². The van der Waals surface area contributed by atoms with Crippen LogP contribution in [0.3, 0.4) is 0 Å². The van der Waals surface area contributed by atoms with Gasteiger partial charge in [0, 0.05) is 0 Å². The predicted molar refractivity (Wildman–Crippen MR) is 73.4 cm³/mol. The highest BCUT2D eigenvalue weighted by Crippen LogP contribution is 2.12. The van der Waals surface area contributed by atoms with Gasteiger partial charge in [0.05, 0.1) is 0 Å². The molecule has 0 N–H and O–H groups in total. The molecule has 0 fully saturated rings. The van der Waals surface area contributed by atoms with Crippen molar-refractivity contribution in [2.75, 3.05) is 0 Å². The number of hydrogen-bond donors (Lipinski definition) is 0. The molecular formula is C15H34. The van der Waals surface area contributed by atoms with E-state index in [1.54, 1.807) is 0 Å². The van der Waals surface area contributed by atoms with Crippen molar-refractivity contribution < 1.29 is 0 Å². The minimum absolute atomic E-state index is 0.903. The summed E-state index contributed by atoms with van der Waals surface area (Å²) in [5, 5.41) is 0. The zero-order chi connectivity index (χ0) is 11.9. The Morgan fingerprint density at radius 2 is 1.07 bits per heavy atom. The van der Waals surface area contributed by atoms with E-state index in [2.05, 4.69) is 20.8 Å². The summed E-state index contributed by atoms with van der Waals surface area (Å²) in [5.74, 6) is 0.903. The first-order chi connectivity index (χ1) is 7.27. The molecule has 0 heteroatoms. The van der Waals surface area contributed by atoms with E-state index in [4.69, 9.17) is 0 Å². The van der Waals surface area contributed by atoms with Gasteiger partial charge in [-0.3, -0.25) is 0 Å². The van der Waals surface area contributed by atoms with Crippen LogP contribution >= 0.6 is 0 Å². The molecule has 0 aromatic heterocycles. The van der Waals surface area contributed by atoms with Crippen molar-refractivity contribution in [3.05, 3.63) is 0 Å². The standard InChI is InChI=1S/C13H28.C2H6/c1-4-5-6-7-8-9-10-11-12-13(2)3;1-2/h13H,4-12H2,1-3H3;1-2H3. The fourth-order valence-corrected chi connectivity index (χ4v) is 1.69. The van der Waals surface area contributed by atoms with Gasteiger partial charge in [-0.15, -0.1) is 0 Å². The Kier molecular flexibility index (Phi) is 19.1. The molecule has 0 aliphatic carbocycles. The van der Waals surface area contributed by atoms with Gasteiger partial charge in [-0.2, -0.15) is 0 Å². The van der Waals surface area contributed by atoms with Gasteiger partial charge in [-0.1, -0.05) is 92.4 Å². The van der Waals surface area contributed by atoms with E-state index in [1.807, 2.05) is 13.8 Å². The van der Waals surface area contributed by atoms with Crippen molar-refractivity contribution in [2.45, 2.75) is 92.4 Å². The fourth-order valence-electron chi connectivity index (χ4n) is 1.69. The topological polar surface area (TPSA) is 0 Å². The lowest BCUT2D eigenvalue weighted by Gasteiger charge is -2.03. The second kappa shape index (κ2) is 16.4. The van der Waals surface area contributed by atoms with E-state index in [0.717, 1.165) is 5.92 Å². The molecule has 0 heterocycles. The van der Waals surface area contributed by atoms with Crippen molar-refractivity contribution in [1.29, 1.82) is 0 Å². The first-order valence-corrected chi connectivity index (χ1v) is 7.27. The molecule has 0 atom stereocenters. The minimum Gasteiger partial charge on any atom is -0.0683 e. The second-order valence-electron chi connectivity index (χ2n) is 4.66. The molecule has 0 rings (SSSR count). The van der Waals surface area contributed by atoms with Gasteiger partial charge in [0.25, 0.3) is 0 Å². The van der Waals surface area contributed by atoms with Crippen LogP contribution in [0.1, 0.15) is 92.4 Å². The maximum Gasteiger partial charge on any atom is -0.0471 e. The Hall–Kier alpha value is 0. The average Bonchev–Trinajstić information content (AvgIpc) is 2.24. The molecule has 0 saturated carbocycles. The molecule has 94 valence electrons. The van der Waals surface area contributed by atoms with E-state index in [1.165, 1.54) is 57.8 Å². The summed E-state index contributed by atoms with van der Waals surface area (Å²) < 4.78 is 0. The van der Waals surface area contributed by atoms with Crippen molar-refractivity contribution in [3.63, 3.8) is 0 Å². The summed E-state index contributed by atoms with van der Waals surface area (Å²) in [6, 6.07) is 0. The lowest BCUT2D eigenvalue weighted by atomic mass is 10.0. The van der Waals surface area contributed by atoms with Crippen molar-refractivity contribution in [1.82, 2.24) is 0 Å². The summed E-state index contributed by atoms with van der Waals surface area (Å²) in [6.45, 7) is 10.9. The second-order valence-corrected chi connectivity index (χ2v) is 4.66. The van der Waals surface area contributed by atoms with Crippen LogP contribution in [0, 0.1) is 5.92 Å². The zero-order valence-electron chi connectivity index (χ0n) is 11.9. The number of unbranched alkanes of at least 4 members (excludes halogenated alkanes) is 7. The van der Waals surface area contributed by atoms with Gasteiger partial charge in [0.1, 0.15) is 0 Å². The van der Waals surface area contributed by atoms with E-state index in [-0.39, 0.29) is 0 Å². The van der Waals surface area contributed by atoms with Crippen LogP contribution in [-0.2, 0) is 0 Å². The lowest BCUT2D eigenvalue weighted by molar-refractivity contribution is 0.508. The minimum atomic E-state index is 0.903. The van der Waals surface area contributed by atoms with Gasteiger partial charge in [-0.25, -0.2) is 0 Å². The lowest BCUT2D eigenvalue weighted by Crippen LogP contribution is -1.87. The Bertz CT molecular complexity index is 84.0. The molecule has 0 aromatic carbocycles. The molecule has 15 heavy (non-hydrogen) atoms. The average molecular weight is 214 g/mol. The normalized spacial score (nSPS) is 10.0. The van der Waals surface area contributed by atoms with Crippen LogP contribution in [0.15, 0.2) is 0 Å². The van der Waals surface area contributed by atoms with Crippen molar-refractivity contribution in [3.8, 4) is 0 Å². The summed E-state index contributed by atoms with van der Waals surface area (Å²) in [5.41, 5.74) is 0. The number of hydrogen-bond acceptors (Lipinski definition) is 0. The monoisotopic (exact) mass is 214 g/mol. The van der Waals surface area contributed by atoms with Gasteiger partial charge < -0.3 is 0 Å². The highest BCUT2D eigenvalue weighted by atomic mass is 14.0. The van der Waals surface area contributed by atoms with Gasteiger partial charge >= 0.3 is 0 Å². The molecule has 0 aliphatic heterocycles. The molecule has 0 saturated heterocycles. The van der Waals surface area contributed by atoms with E-state index in [0.29, 0.717) is 0 Å². The molecule has 0 amide bonds. The molecule has 0 aromatic rings. The SMILES string of the molecule is CC.CCCCCCCCCCC(C)C. The summed E-state index contributed by atoms with van der Waals surface area (Å²) in [7, 11) is 0. The van der Waals surface area contributed by atoms with Gasteiger partial charge in [-0.05, 0) is 5.92 Å². The number of rotatable bonds is 9. The Morgan fingerprint density at radius 1 is 0.667 bits per heavy atom. The third-order valence-electron chi connectivity index (χ3n) is 2.64. The molecule has 0 unspecified atom stereocenters. The van der Waals surface area contributed by atoms with E-state index >= 15 is 0 Å². The zero-order valence-corrected chi connectivity index (χ0v) is 11.9. The largest absolute Gasteiger partial charge is 0.0683 e. The van der Waals surface area contributed by atoms with Crippen molar-refractivity contribution in [2.24, 2.45) is 5.92 Å². The highest BCUT2D eigenvalue weighted by molar-refractivity contribution is 4.48. The molecule has 0 bridgehead atoms. The first-order valence-electron chi connectivity index (χ1n) is 7.27. The molecule has 0 spiro atoms. The Morgan fingerprint density at radius 3 is 1.47 bits per heavy atom. The quantitative estimate of drug-likeness (QED) is 0.401. The third-order valence-corrected chi connectivity index (χ3v) is 2.64. The summed E-state index contributed by atoms with van der Waals surface area (Å²) >= 11 is 0. The summed E-state index contributed by atoms with van der Waals surface area (Å²) in [6.07, 6.45) is 13.0. The Labute approximate surface area is 98.9 Å². The van der Waals surface area contributed by atoms with Crippen LogP contribution in [-0.4, -0.2) is 0 Å². The van der Waals surface area contributed by atoms with Crippen LogP contribution in [0.4, 0.5) is 0 Å². The van der Waals surface area contributed by atoms with E-state index in [9.17, 15) is 0 Å². The van der Waals surface area contributed by atoms with Gasteiger partial charge in [0.15, 0.2) is 0 Å². The molecular weight excluding hydrogens is 180 g/mol. The maximum atomic E-state index is 2.32. The van der Waals surface area contributed by atoms with Crippen LogP contribution in [0.2, 0.25) is 0 Å². The highest BCUT2D eigenvalue weighted by Gasteiger charge is 1.94. The third kappa shape index (κ3) is 20.2. The molecule has 0 aliphatic rings. The van der Waals surface area contributed by atoms with Gasteiger partial charge in [0.2, 0.25) is 0 Å². The Balaban J connectivity index is 0. The first kappa shape index (κ1) is 17.4. The molecule has 0 radical (unpaired) electrons. The van der Waals surface area contributed by atoms with Crippen LogP contribution < -0.4 is 0 Å².